The summed E-state index contributed by atoms with van der Waals surface area (Å²) < 4.78 is 10.5. The van der Waals surface area contributed by atoms with Crippen molar-refractivity contribution in [3.8, 4) is 5.75 Å². The summed E-state index contributed by atoms with van der Waals surface area (Å²) in [7, 11) is 0. The predicted molar refractivity (Wildman–Crippen MR) is 65.5 cm³/mol. The molecule has 0 unspecified atom stereocenters. The molecule has 2 aromatic rings. The van der Waals surface area contributed by atoms with Gasteiger partial charge in [-0.25, -0.2) is 9.78 Å². The van der Waals surface area contributed by atoms with Crippen molar-refractivity contribution in [3.63, 3.8) is 0 Å². The van der Waals surface area contributed by atoms with Gasteiger partial charge in [-0.2, -0.15) is 0 Å². The van der Waals surface area contributed by atoms with Gasteiger partial charge in [0.15, 0.2) is 11.5 Å². The molecule has 1 heterocycles. The second kappa shape index (κ2) is 4.33. The summed E-state index contributed by atoms with van der Waals surface area (Å²) in [5.74, 6) is 1.70. The number of aromatic nitrogens is 1. The SMILES string of the molecule is Cc1nc2ccc(OC(=O)NCC3CC3)cc2o1. The van der Waals surface area contributed by atoms with Crippen molar-refractivity contribution in [1.82, 2.24) is 10.3 Å². The first-order chi connectivity index (χ1) is 8.70. The molecule has 5 heteroatoms. The number of nitrogens with one attached hydrogen (secondary N) is 1. The first-order valence-electron chi connectivity index (χ1n) is 6.03. The Kier molecular flexibility index (Phi) is 2.66. The van der Waals surface area contributed by atoms with Crippen molar-refractivity contribution in [1.29, 1.82) is 0 Å². The number of nitrogens with zero attached hydrogens (tertiary/aromatic N) is 1. The first kappa shape index (κ1) is 11.1. The Morgan fingerprint density at radius 2 is 2.39 bits per heavy atom. The van der Waals surface area contributed by atoms with Gasteiger partial charge in [0.2, 0.25) is 0 Å². The van der Waals surface area contributed by atoms with E-state index in [1.165, 1.54) is 12.8 Å². The number of fused-ring (bicyclic) bond motifs is 1. The van der Waals surface area contributed by atoms with Gasteiger partial charge in [-0.3, -0.25) is 0 Å². The summed E-state index contributed by atoms with van der Waals surface area (Å²) in [6, 6.07) is 5.16. The Morgan fingerprint density at radius 1 is 1.56 bits per heavy atom. The molecular formula is C13H14N2O3. The number of carbonyl (C=O) groups is 1. The monoisotopic (exact) mass is 246 g/mol. The van der Waals surface area contributed by atoms with Crippen LogP contribution in [0.3, 0.4) is 0 Å². The van der Waals surface area contributed by atoms with Gasteiger partial charge >= 0.3 is 6.09 Å². The molecule has 0 radical (unpaired) electrons. The van der Waals surface area contributed by atoms with Crippen LogP contribution in [-0.4, -0.2) is 17.6 Å². The molecule has 0 spiro atoms. The zero-order chi connectivity index (χ0) is 12.5. The van der Waals surface area contributed by atoms with Crippen LogP contribution in [-0.2, 0) is 0 Å². The zero-order valence-corrected chi connectivity index (χ0v) is 10.1. The number of rotatable bonds is 3. The lowest BCUT2D eigenvalue weighted by Crippen LogP contribution is -2.28. The topological polar surface area (TPSA) is 64.4 Å². The molecule has 3 rings (SSSR count). The standard InChI is InChI=1S/C13H14N2O3/c1-8-15-11-5-4-10(6-12(11)17-8)18-13(16)14-7-9-2-3-9/h4-6,9H,2-3,7H2,1H3,(H,14,16). The summed E-state index contributed by atoms with van der Waals surface area (Å²) in [4.78, 5) is 15.7. The molecule has 1 saturated carbocycles. The zero-order valence-electron chi connectivity index (χ0n) is 10.1. The maximum Gasteiger partial charge on any atom is 0.412 e. The van der Waals surface area contributed by atoms with E-state index in [2.05, 4.69) is 10.3 Å². The van der Waals surface area contributed by atoms with Gasteiger partial charge in [0.25, 0.3) is 0 Å². The molecule has 1 aromatic heterocycles. The smallest absolute Gasteiger partial charge is 0.412 e. The highest BCUT2D eigenvalue weighted by atomic mass is 16.6. The number of amides is 1. The van der Waals surface area contributed by atoms with E-state index in [4.69, 9.17) is 9.15 Å². The van der Waals surface area contributed by atoms with Crippen LogP contribution in [0.25, 0.3) is 11.1 Å². The summed E-state index contributed by atoms with van der Waals surface area (Å²) in [5, 5.41) is 2.74. The molecule has 0 aliphatic heterocycles. The maximum absolute atomic E-state index is 11.5. The van der Waals surface area contributed by atoms with Crippen LogP contribution in [0.2, 0.25) is 0 Å². The first-order valence-corrected chi connectivity index (χ1v) is 6.03. The maximum atomic E-state index is 11.5. The Bertz CT molecular complexity index is 587. The van der Waals surface area contributed by atoms with Crippen LogP contribution in [0, 0.1) is 12.8 Å². The summed E-state index contributed by atoms with van der Waals surface area (Å²) in [6.45, 7) is 2.48. The fraction of sp³-hybridized carbons (Fsp3) is 0.385. The van der Waals surface area contributed by atoms with Crippen LogP contribution in [0.1, 0.15) is 18.7 Å². The number of oxazole rings is 1. The van der Waals surface area contributed by atoms with Gasteiger partial charge in [0.05, 0.1) is 0 Å². The van der Waals surface area contributed by atoms with Gasteiger partial charge in [-0.15, -0.1) is 0 Å². The summed E-state index contributed by atoms with van der Waals surface area (Å²) >= 11 is 0. The summed E-state index contributed by atoms with van der Waals surface area (Å²) in [5.41, 5.74) is 1.39. The van der Waals surface area contributed by atoms with E-state index in [0.717, 1.165) is 5.52 Å². The molecule has 18 heavy (non-hydrogen) atoms. The van der Waals surface area contributed by atoms with Crippen molar-refractivity contribution in [3.05, 3.63) is 24.1 Å². The number of hydrogen-bond acceptors (Lipinski definition) is 4. The molecule has 1 aromatic carbocycles. The fourth-order valence-corrected chi connectivity index (χ4v) is 1.78. The van der Waals surface area contributed by atoms with E-state index < -0.39 is 6.09 Å². The van der Waals surface area contributed by atoms with Gasteiger partial charge in [0.1, 0.15) is 11.3 Å². The quantitative estimate of drug-likeness (QED) is 0.904. The predicted octanol–water partition coefficient (Wildman–Crippen LogP) is 2.63. The van der Waals surface area contributed by atoms with Crippen molar-refractivity contribution in [2.24, 2.45) is 5.92 Å². The summed E-state index contributed by atoms with van der Waals surface area (Å²) in [6.07, 6.45) is 1.98. The molecule has 1 aliphatic rings. The average Bonchev–Trinajstić information content (AvgIpc) is 3.08. The highest BCUT2D eigenvalue weighted by Gasteiger charge is 2.22. The van der Waals surface area contributed by atoms with Gasteiger partial charge < -0.3 is 14.5 Å². The lowest BCUT2D eigenvalue weighted by atomic mass is 10.3. The normalized spacial score (nSPS) is 14.7. The molecule has 0 atom stereocenters. The number of carbonyl (C=O) groups excluding carboxylic acids is 1. The Labute approximate surface area is 104 Å². The lowest BCUT2D eigenvalue weighted by Gasteiger charge is -2.05. The van der Waals surface area contributed by atoms with E-state index in [1.807, 2.05) is 0 Å². The largest absolute Gasteiger partial charge is 0.441 e. The Balaban J connectivity index is 1.67. The molecule has 0 saturated heterocycles. The molecule has 0 bridgehead atoms. The molecule has 1 fully saturated rings. The third kappa shape index (κ3) is 2.45. The van der Waals surface area contributed by atoms with Crippen molar-refractivity contribution < 1.29 is 13.9 Å². The van der Waals surface area contributed by atoms with E-state index in [9.17, 15) is 4.79 Å². The van der Waals surface area contributed by atoms with Gasteiger partial charge in [-0.1, -0.05) is 0 Å². The molecule has 5 nitrogen and oxygen atoms in total. The van der Waals surface area contributed by atoms with Crippen molar-refractivity contribution in [2.45, 2.75) is 19.8 Å². The number of hydrogen-bond donors (Lipinski definition) is 1. The minimum absolute atomic E-state index is 0.419. The highest BCUT2D eigenvalue weighted by Crippen LogP contribution is 2.27. The van der Waals surface area contributed by atoms with Gasteiger partial charge in [-0.05, 0) is 30.9 Å². The third-order valence-electron chi connectivity index (χ3n) is 2.91. The molecule has 1 aliphatic carbocycles. The number of ether oxygens (including phenoxy) is 1. The average molecular weight is 246 g/mol. The Hall–Kier alpha value is -2.04. The molecule has 1 N–H and O–H groups in total. The van der Waals surface area contributed by atoms with E-state index in [-0.39, 0.29) is 0 Å². The minimum Gasteiger partial charge on any atom is -0.441 e. The van der Waals surface area contributed by atoms with Gasteiger partial charge in [0, 0.05) is 19.5 Å². The second-order valence-corrected chi connectivity index (χ2v) is 4.58. The molecular weight excluding hydrogens is 232 g/mol. The van der Waals surface area contributed by atoms with E-state index in [0.29, 0.717) is 29.7 Å². The van der Waals surface area contributed by atoms with Crippen molar-refractivity contribution in [2.75, 3.05) is 6.54 Å². The van der Waals surface area contributed by atoms with Crippen molar-refractivity contribution >= 4 is 17.2 Å². The number of aryl methyl sites for hydroxylation is 1. The number of benzene rings is 1. The Morgan fingerprint density at radius 3 is 3.17 bits per heavy atom. The van der Waals surface area contributed by atoms with Crippen LogP contribution in [0.15, 0.2) is 22.6 Å². The fourth-order valence-electron chi connectivity index (χ4n) is 1.78. The minimum atomic E-state index is -0.419. The highest BCUT2D eigenvalue weighted by molar-refractivity contribution is 5.77. The second-order valence-electron chi connectivity index (χ2n) is 4.58. The van der Waals surface area contributed by atoms with Crippen LogP contribution < -0.4 is 10.1 Å². The molecule has 1 amide bonds. The van der Waals surface area contributed by atoms with E-state index in [1.54, 1.807) is 25.1 Å². The molecule has 94 valence electrons. The lowest BCUT2D eigenvalue weighted by molar-refractivity contribution is 0.200. The van der Waals surface area contributed by atoms with Crippen LogP contribution >= 0.6 is 0 Å². The van der Waals surface area contributed by atoms with E-state index >= 15 is 0 Å². The third-order valence-corrected chi connectivity index (χ3v) is 2.91. The van der Waals surface area contributed by atoms with Crippen LogP contribution in [0.5, 0.6) is 5.75 Å². The van der Waals surface area contributed by atoms with Crippen LogP contribution in [0.4, 0.5) is 4.79 Å².